The Kier molecular flexibility index (Phi) is 5.77. The summed E-state index contributed by atoms with van der Waals surface area (Å²) in [5.74, 6) is 0.458. The molecule has 0 bridgehead atoms. The van der Waals surface area contributed by atoms with Crippen molar-refractivity contribution in [2.24, 2.45) is 17.1 Å². The molecule has 4 nitrogen and oxygen atoms in total. The van der Waals surface area contributed by atoms with Crippen LogP contribution in [0.4, 0.5) is 0 Å². The van der Waals surface area contributed by atoms with Gasteiger partial charge in [-0.3, -0.25) is 0 Å². The van der Waals surface area contributed by atoms with Gasteiger partial charge in [-0.15, -0.1) is 0 Å². The Morgan fingerprint density at radius 1 is 1.33 bits per heavy atom. The molecular weight excluding hydrogens is 212 g/mol. The molecule has 0 aromatic carbocycles. The molecule has 0 aliphatic carbocycles. The van der Waals surface area contributed by atoms with Crippen molar-refractivity contribution in [3.05, 3.63) is 0 Å². The minimum atomic E-state index is -3.14. The lowest BCUT2D eigenvalue weighted by Gasteiger charge is -2.19. The third-order valence-electron chi connectivity index (χ3n) is 1.93. The first-order valence-electron chi connectivity index (χ1n) is 5.34. The maximum atomic E-state index is 11.6. The Hall–Kier alpha value is -0.130. The summed E-state index contributed by atoms with van der Waals surface area (Å²) in [6, 6.07) is 0. The molecule has 1 unspecified atom stereocenters. The highest BCUT2D eigenvalue weighted by atomic mass is 32.2. The van der Waals surface area contributed by atoms with E-state index >= 15 is 0 Å². The second kappa shape index (κ2) is 5.82. The Morgan fingerprint density at radius 2 is 1.87 bits per heavy atom. The van der Waals surface area contributed by atoms with Crippen LogP contribution in [-0.2, 0) is 10.0 Å². The van der Waals surface area contributed by atoms with Crippen LogP contribution >= 0.6 is 0 Å². The van der Waals surface area contributed by atoms with E-state index in [9.17, 15) is 8.42 Å². The van der Waals surface area contributed by atoms with Crippen LogP contribution in [0.1, 0.15) is 34.1 Å². The lowest BCUT2D eigenvalue weighted by Crippen LogP contribution is -2.35. The van der Waals surface area contributed by atoms with Crippen molar-refractivity contribution < 1.29 is 8.42 Å². The maximum absolute atomic E-state index is 11.6. The van der Waals surface area contributed by atoms with E-state index in [1.54, 1.807) is 0 Å². The Morgan fingerprint density at radius 3 is 2.27 bits per heavy atom. The second-order valence-electron chi connectivity index (χ2n) is 5.35. The molecule has 0 aliphatic heterocycles. The SMILES string of the molecule is CC(CCN)CNS(=O)(=O)CC(C)(C)C. The molecule has 15 heavy (non-hydrogen) atoms. The van der Waals surface area contributed by atoms with Crippen molar-refractivity contribution in [2.75, 3.05) is 18.8 Å². The summed E-state index contributed by atoms with van der Waals surface area (Å²) in [4.78, 5) is 0. The minimum Gasteiger partial charge on any atom is -0.330 e. The molecule has 5 heteroatoms. The lowest BCUT2D eigenvalue weighted by atomic mass is 10.0. The molecule has 92 valence electrons. The van der Waals surface area contributed by atoms with Crippen LogP contribution in [0, 0.1) is 11.3 Å². The van der Waals surface area contributed by atoms with E-state index in [2.05, 4.69) is 4.72 Å². The minimum absolute atomic E-state index is 0.162. The molecule has 0 heterocycles. The molecule has 0 saturated carbocycles. The first-order chi connectivity index (χ1) is 6.66. The topological polar surface area (TPSA) is 72.2 Å². The van der Waals surface area contributed by atoms with Crippen LogP contribution in [0.5, 0.6) is 0 Å². The van der Waals surface area contributed by atoms with Gasteiger partial charge in [-0.1, -0.05) is 27.7 Å². The molecule has 1 atom stereocenters. The van der Waals surface area contributed by atoms with Crippen molar-refractivity contribution in [1.29, 1.82) is 0 Å². The van der Waals surface area contributed by atoms with Gasteiger partial charge in [0.15, 0.2) is 0 Å². The molecule has 0 radical (unpaired) electrons. The van der Waals surface area contributed by atoms with Crippen molar-refractivity contribution in [3.8, 4) is 0 Å². The zero-order valence-corrected chi connectivity index (χ0v) is 11.0. The monoisotopic (exact) mass is 236 g/mol. The van der Waals surface area contributed by atoms with Crippen LogP contribution in [0.15, 0.2) is 0 Å². The van der Waals surface area contributed by atoms with Gasteiger partial charge in [-0.05, 0) is 24.3 Å². The number of sulfonamides is 1. The predicted octanol–water partition coefficient (Wildman–Crippen LogP) is 0.937. The quantitative estimate of drug-likeness (QED) is 0.721. The molecule has 0 fully saturated rings. The molecule has 0 aromatic rings. The molecular formula is C10H24N2O2S. The standard InChI is InChI=1S/C10H24N2O2S/c1-9(5-6-11)7-12-15(13,14)8-10(2,3)4/h9,12H,5-8,11H2,1-4H3. The fourth-order valence-electron chi connectivity index (χ4n) is 1.28. The smallest absolute Gasteiger partial charge is 0.212 e. The van der Waals surface area contributed by atoms with E-state index in [4.69, 9.17) is 5.73 Å². The fraction of sp³-hybridized carbons (Fsp3) is 1.00. The molecule has 0 amide bonds. The van der Waals surface area contributed by atoms with Crippen LogP contribution in [0.25, 0.3) is 0 Å². The highest BCUT2D eigenvalue weighted by Gasteiger charge is 2.21. The summed E-state index contributed by atoms with van der Waals surface area (Å²) in [5, 5.41) is 0. The van der Waals surface area contributed by atoms with Crippen molar-refractivity contribution >= 4 is 10.0 Å². The van der Waals surface area contributed by atoms with Gasteiger partial charge in [-0.2, -0.15) is 0 Å². The van der Waals surface area contributed by atoms with E-state index in [0.29, 0.717) is 19.0 Å². The second-order valence-corrected chi connectivity index (χ2v) is 7.16. The van der Waals surface area contributed by atoms with Gasteiger partial charge in [0.1, 0.15) is 0 Å². The van der Waals surface area contributed by atoms with E-state index in [0.717, 1.165) is 6.42 Å². The van der Waals surface area contributed by atoms with Crippen LogP contribution in [0.3, 0.4) is 0 Å². The Balaban J connectivity index is 4.06. The van der Waals surface area contributed by atoms with Gasteiger partial charge >= 0.3 is 0 Å². The van der Waals surface area contributed by atoms with Crippen LogP contribution in [-0.4, -0.2) is 27.3 Å². The number of nitrogens with one attached hydrogen (secondary N) is 1. The molecule has 0 aliphatic rings. The van der Waals surface area contributed by atoms with E-state index in [1.165, 1.54) is 0 Å². The normalized spacial score (nSPS) is 15.3. The summed E-state index contributed by atoms with van der Waals surface area (Å²) in [6.45, 7) is 8.81. The van der Waals surface area contributed by atoms with E-state index < -0.39 is 10.0 Å². The molecule has 0 spiro atoms. The predicted molar refractivity (Wildman–Crippen MR) is 64.1 cm³/mol. The Bertz CT molecular complexity index is 268. The van der Waals surface area contributed by atoms with Gasteiger partial charge in [-0.25, -0.2) is 13.1 Å². The first-order valence-corrected chi connectivity index (χ1v) is 6.99. The molecule has 0 saturated heterocycles. The lowest BCUT2D eigenvalue weighted by molar-refractivity contribution is 0.452. The number of nitrogens with two attached hydrogens (primary N) is 1. The summed E-state index contributed by atoms with van der Waals surface area (Å²) in [5.41, 5.74) is 5.19. The van der Waals surface area contributed by atoms with E-state index in [1.807, 2.05) is 27.7 Å². The zero-order valence-electron chi connectivity index (χ0n) is 10.2. The van der Waals surface area contributed by atoms with Gasteiger partial charge < -0.3 is 5.73 Å². The van der Waals surface area contributed by atoms with Crippen molar-refractivity contribution in [3.63, 3.8) is 0 Å². The zero-order chi connectivity index (χ0) is 12.1. The number of hydrogen-bond acceptors (Lipinski definition) is 3. The van der Waals surface area contributed by atoms with Crippen LogP contribution in [0.2, 0.25) is 0 Å². The largest absolute Gasteiger partial charge is 0.330 e. The molecule has 3 N–H and O–H groups in total. The highest BCUT2D eigenvalue weighted by Crippen LogP contribution is 2.15. The maximum Gasteiger partial charge on any atom is 0.212 e. The third kappa shape index (κ3) is 8.84. The summed E-state index contributed by atoms with van der Waals surface area (Å²) < 4.78 is 25.8. The fourth-order valence-corrected chi connectivity index (χ4v) is 3.06. The average molecular weight is 236 g/mol. The summed E-state index contributed by atoms with van der Waals surface area (Å²) in [6.07, 6.45) is 0.845. The molecule has 0 aromatic heterocycles. The number of rotatable bonds is 6. The van der Waals surface area contributed by atoms with Gasteiger partial charge in [0.05, 0.1) is 5.75 Å². The van der Waals surface area contributed by atoms with Crippen molar-refractivity contribution in [2.45, 2.75) is 34.1 Å². The van der Waals surface area contributed by atoms with E-state index in [-0.39, 0.29) is 11.2 Å². The molecule has 0 rings (SSSR count). The summed E-state index contributed by atoms with van der Waals surface area (Å²) in [7, 11) is -3.14. The van der Waals surface area contributed by atoms with Gasteiger partial charge in [0.2, 0.25) is 10.0 Å². The number of hydrogen-bond donors (Lipinski definition) is 2. The van der Waals surface area contributed by atoms with Crippen LogP contribution < -0.4 is 10.5 Å². The Labute approximate surface area is 93.7 Å². The highest BCUT2D eigenvalue weighted by molar-refractivity contribution is 7.89. The van der Waals surface area contributed by atoms with Gasteiger partial charge in [0.25, 0.3) is 0 Å². The average Bonchev–Trinajstić information content (AvgIpc) is 1.97. The van der Waals surface area contributed by atoms with Crippen molar-refractivity contribution in [1.82, 2.24) is 4.72 Å². The van der Waals surface area contributed by atoms with Gasteiger partial charge in [0, 0.05) is 6.54 Å². The summed E-state index contributed by atoms with van der Waals surface area (Å²) >= 11 is 0. The first kappa shape index (κ1) is 14.9. The third-order valence-corrected chi connectivity index (χ3v) is 3.79.